The molecule has 8 nitrogen and oxygen atoms in total. The van der Waals surface area contributed by atoms with Crippen LogP contribution >= 0.6 is 22.6 Å². The van der Waals surface area contributed by atoms with Gasteiger partial charge in [-0.1, -0.05) is 6.07 Å². The first kappa shape index (κ1) is 28.6. The van der Waals surface area contributed by atoms with Gasteiger partial charge in [-0.15, -0.1) is 0 Å². The van der Waals surface area contributed by atoms with Crippen LogP contribution < -0.4 is 4.74 Å². The molecule has 1 aromatic carbocycles. The maximum Gasteiger partial charge on any atom is 0.410 e. The zero-order valence-electron chi connectivity index (χ0n) is 23.1. The Labute approximate surface area is 239 Å². The minimum absolute atomic E-state index is 0.00571. The summed E-state index contributed by atoms with van der Waals surface area (Å²) in [5, 5.41) is 0. The van der Waals surface area contributed by atoms with Crippen LogP contribution in [0.3, 0.4) is 0 Å². The lowest BCUT2D eigenvalue weighted by molar-refractivity contribution is -0.00319. The van der Waals surface area contributed by atoms with E-state index in [4.69, 9.17) is 19.2 Å². The molecule has 0 N–H and O–H groups in total. The van der Waals surface area contributed by atoms with E-state index in [1.165, 1.54) is 25.5 Å². The van der Waals surface area contributed by atoms with E-state index < -0.39 is 5.60 Å². The standard InChI is InChI=1S/C29H38IN3O5/c1-18-13-25(23(30)14-22(18)27(34)36-6)37-26(24-10-9-21(15-31-24)20-7-8-20)17-32-11-12-33(19(2)16-32)28(35)38-29(3,4)5/h9-10,13-15,19-20,26H,7-8,11-12,16-17H2,1-6H3/t19-,26-/m1/s1. The van der Waals surface area contributed by atoms with E-state index in [0.717, 1.165) is 14.8 Å². The summed E-state index contributed by atoms with van der Waals surface area (Å²) in [5.74, 6) is 0.971. The quantitative estimate of drug-likeness (QED) is 0.285. The van der Waals surface area contributed by atoms with Crippen LogP contribution in [0.25, 0.3) is 0 Å². The highest BCUT2D eigenvalue weighted by Gasteiger charge is 2.33. The van der Waals surface area contributed by atoms with Gasteiger partial charge in [0.05, 0.1) is 21.9 Å². The second kappa shape index (κ2) is 11.8. The Balaban J connectivity index is 1.52. The number of amides is 1. The Morgan fingerprint density at radius 2 is 1.92 bits per heavy atom. The summed E-state index contributed by atoms with van der Waals surface area (Å²) in [4.78, 5) is 33.8. The number of piperazine rings is 1. The number of esters is 1. The van der Waals surface area contributed by atoms with E-state index >= 15 is 0 Å². The van der Waals surface area contributed by atoms with Crippen molar-refractivity contribution in [2.75, 3.05) is 33.3 Å². The van der Waals surface area contributed by atoms with Crippen molar-refractivity contribution in [3.8, 4) is 5.75 Å². The Morgan fingerprint density at radius 1 is 1.18 bits per heavy atom. The second-order valence-corrected chi connectivity index (χ2v) is 12.4. The number of benzene rings is 1. The van der Waals surface area contributed by atoms with Gasteiger partial charge in [-0.2, -0.15) is 0 Å². The van der Waals surface area contributed by atoms with Gasteiger partial charge in [0.25, 0.3) is 0 Å². The number of nitrogens with zero attached hydrogens (tertiary/aromatic N) is 3. The van der Waals surface area contributed by atoms with E-state index in [-0.39, 0.29) is 24.2 Å². The molecule has 0 spiro atoms. The van der Waals surface area contributed by atoms with Gasteiger partial charge < -0.3 is 19.1 Å². The molecule has 1 aromatic heterocycles. The van der Waals surface area contributed by atoms with Crippen molar-refractivity contribution in [1.82, 2.24) is 14.8 Å². The minimum Gasteiger partial charge on any atom is -0.482 e. The first-order valence-electron chi connectivity index (χ1n) is 13.2. The van der Waals surface area contributed by atoms with Gasteiger partial charge in [-0.25, -0.2) is 9.59 Å². The molecule has 0 bridgehead atoms. The molecular formula is C29H38IN3O5. The maximum atomic E-state index is 12.7. The van der Waals surface area contributed by atoms with Crippen molar-refractivity contribution >= 4 is 34.7 Å². The zero-order valence-corrected chi connectivity index (χ0v) is 25.3. The number of aryl methyl sites for hydroxylation is 1. The zero-order chi connectivity index (χ0) is 27.6. The molecule has 1 saturated carbocycles. The van der Waals surface area contributed by atoms with Gasteiger partial charge in [0.15, 0.2) is 6.10 Å². The van der Waals surface area contributed by atoms with Crippen molar-refractivity contribution in [3.05, 3.63) is 56.4 Å². The number of hydrogen-bond donors (Lipinski definition) is 0. The summed E-state index contributed by atoms with van der Waals surface area (Å²) < 4.78 is 18.0. The van der Waals surface area contributed by atoms with Crippen molar-refractivity contribution in [2.45, 2.75) is 71.1 Å². The normalized spacial score (nSPS) is 19.1. The molecule has 1 aliphatic carbocycles. The number of pyridine rings is 1. The maximum absolute atomic E-state index is 12.7. The highest BCUT2D eigenvalue weighted by molar-refractivity contribution is 14.1. The van der Waals surface area contributed by atoms with Crippen LogP contribution in [0.4, 0.5) is 4.79 Å². The molecule has 9 heteroatoms. The summed E-state index contributed by atoms with van der Waals surface area (Å²) in [6.07, 6.45) is 3.84. The smallest absolute Gasteiger partial charge is 0.410 e. The molecule has 2 aromatic rings. The number of halogens is 1. The van der Waals surface area contributed by atoms with E-state index in [9.17, 15) is 9.59 Å². The van der Waals surface area contributed by atoms with Crippen molar-refractivity contribution in [1.29, 1.82) is 0 Å². The fraction of sp³-hybridized carbons (Fsp3) is 0.552. The first-order valence-corrected chi connectivity index (χ1v) is 14.3. The predicted octanol–water partition coefficient (Wildman–Crippen LogP) is 5.72. The van der Waals surface area contributed by atoms with Crippen LogP contribution in [-0.4, -0.2) is 71.8 Å². The van der Waals surface area contributed by atoms with Crippen LogP contribution in [0, 0.1) is 10.5 Å². The molecular weight excluding hydrogens is 597 g/mol. The van der Waals surface area contributed by atoms with E-state index in [1.807, 2.05) is 46.9 Å². The van der Waals surface area contributed by atoms with Crippen molar-refractivity contribution < 1.29 is 23.8 Å². The molecule has 2 atom stereocenters. The second-order valence-electron chi connectivity index (χ2n) is 11.3. The molecule has 4 rings (SSSR count). The van der Waals surface area contributed by atoms with Crippen LogP contribution in [0.15, 0.2) is 30.5 Å². The lowest BCUT2D eigenvalue weighted by Crippen LogP contribution is -2.55. The predicted molar refractivity (Wildman–Crippen MR) is 154 cm³/mol. The monoisotopic (exact) mass is 635 g/mol. The Bertz CT molecular complexity index is 1160. The highest BCUT2D eigenvalue weighted by Crippen LogP contribution is 2.40. The third-order valence-electron chi connectivity index (χ3n) is 6.90. The van der Waals surface area contributed by atoms with Crippen LogP contribution in [-0.2, 0) is 9.47 Å². The Hall–Kier alpha value is -2.40. The number of hydrogen-bond acceptors (Lipinski definition) is 7. The average Bonchev–Trinajstić information content (AvgIpc) is 3.70. The summed E-state index contributed by atoms with van der Waals surface area (Å²) in [7, 11) is 1.38. The first-order chi connectivity index (χ1) is 17.9. The topological polar surface area (TPSA) is 81.2 Å². The third-order valence-corrected chi connectivity index (χ3v) is 7.75. The van der Waals surface area contributed by atoms with Gasteiger partial charge in [0, 0.05) is 38.4 Å². The summed E-state index contributed by atoms with van der Waals surface area (Å²) >= 11 is 2.20. The lowest BCUT2D eigenvalue weighted by Gasteiger charge is -2.41. The van der Waals surface area contributed by atoms with Crippen molar-refractivity contribution in [3.63, 3.8) is 0 Å². The third kappa shape index (κ3) is 7.16. The van der Waals surface area contributed by atoms with Crippen LogP contribution in [0.1, 0.15) is 79.7 Å². The fourth-order valence-electron chi connectivity index (χ4n) is 4.71. The van der Waals surface area contributed by atoms with Gasteiger partial charge in [-0.3, -0.25) is 9.88 Å². The van der Waals surface area contributed by atoms with E-state index in [1.54, 1.807) is 11.0 Å². The fourth-order valence-corrected chi connectivity index (χ4v) is 5.30. The molecule has 2 aliphatic rings. The number of rotatable bonds is 7. The molecule has 2 fully saturated rings. The minimum atomic E-state index is -0.524. The number of carbonyl (C=O) groups excluding carboxylic acids is 2. The molecule has 0 radical (unpaired) electrons. The van der Waals surface area contributed by atoms with Gasteiger partial charge in [0.1, 0.15) is 11.4 Å². The summed E-state index contributed by atoms with van der Waals surface area (Å²) in [5.41, 5.74) is 2.94. The molecule has 1 amide bonds. The Morgan fingerprint density at radius 3 is 2.50 bits per heavy atom. The Kier molecular flexibility index (Phi) is 8.86. The molecule has 38 heavy (non-hydrogen) atoms. The highest BCUT2D eigenvalue weighted by atomic mass is 127. The number of ether oxygens (including phenoxy) is 3. The van der Waals surface area contributed by atoms with E-state index in [0.29, 0.717) is 43.4 Å². The lowest BCUT2D eigenvalue weighted by atomic mass is 10.1. The van der Waals surface area contributed by atoms with E-state index in [2.05, 4.69) is 39.6 Å². The number of aromatic nitrogens is 1. The molecule has 206 valence electrons. The largest absolute Gasteiger partial charge is 0.482 e. The van der Waals surface area contributed by atoms with Gasteiger partial charge in [-0.05, 0) is 105 Å². The van der Waals surface area contributed by atoms with Gasteiger partial charge in [0.2, 0.25) is 0 Å². The average molecular weight is 636 g/mol. The van der Waals surface area contributed by atoms with Crippen molar-refractivity contribution in [2.24, 2.45) is 0 Å². The number of carbonyl (C=O) groups is 2. The summed E-state index contributed by atoms with van der Waals surface area (Å²) in [6, 6.07) is 7.94. The number of methoxy groups -OCH3 is 1. The van der Waals surface area contributed by atoms with Crippen LogP contribution in [0.5, 0.6) is 5.75 Å². The summed E-state index contributed by atoms with van der Waals surface area (Å²) in [6.45, 7) is 12.2. The van der Waals surface area contributed by atoms with Gasteiger partial charge >= 0.3 is 12.1 Å². The molecule has 1 aliphatic heterocycles. The molecule has 1 saturated heterocycles. The van der Waals surface area contributed by atoms with Crippen LogP contribution in [0.2, 0.25) is 0 Å². The molecule has 2 heterocycles. The SMILES string of the molecule is COC(=O)c1cc(I)c(O[C@H](CN2CCN(C(=O)OC(C)(C)C)[C@H](C)C2)c2ccc(C3CC3)cn2)cc1C. The molecule has 0 unspecified atom stereocenters.